The van der Waals surface area contributed by atoms with Crippen LogP contribution in [0, 0.1) is 11.8 Å². The number of anilines is 1. The van der Waals surface area contributed by atoms with Crippen molar-refractivity contribution in [3.63, 3.8) is 0 Å². The van der Waals surface area contributed by atoms with Crippen molar-refractivity contribution >= 4 is 28.3 Å². The highest BCUT2D eigenvalue weighted by atomic mass is 32.1. The number of hydrogen-bond donors (Lipinski definition) is 2. The Morgan fingerprint density at radius 3 is 2.59 bits per heavy atom. The van der Waals surface area contributed by atoms with Crippen LogP contribution in [0.3, 0.4) is 0 Å². The Bertz CT molecular complexity index is 684. The van der Waals surface area contributed by atoms with Gasteiger partial charge in [-0.05, 0) is 19.3 Å². The molecule has 0 radical (unpaired) electrons. The topological polar surface area (TPSA) is 79.3 Å². The maximum Gasteiger partial charge on any atom is 0.306 e. The molecular formula is C16H16N2O3S. The molecule has 5 nitrogen and oxygen atoms in total. The minimum Gasteiger partial charge on any atom is -0.481 e. The Balaban J connectivity index is 1.63. The Morgan fingerprint density at radius 2 is 1.91 bits per heavy atom. The number of carboxylic acids is 1. The highest BCUT2D eigenvalue weighted by molar-refractivity contribution is 7.14. The first-order valence-corrected chi connectivity index (χ1v) is 8.06. The van der Waals surface area contributed by atoms with Crippen molar-refractivity contribution in [2.45, 2.75) is 19.3 Å². The SMILES string of the molecule is O=C(O)[C@H]1CC[C@@H](C(=O)Nc2nc(-c3ccccc3)cs2)C1. The Kier molecular flexibility index (Phi) is 4.20. The van der Waals surface area contributed by atoms with E-state index in [1.807, 2.05) is 35.7 Å². The van der Waals surface area contributed by atoms with Gasteiger partial charge in [-0.15, -0.1) is 11.3 Å². The van der Waals surface area contributed by atoms with Crippen LogP contribution in [0.25, 0.3) is 11.3 Å². The van der Waals surface area contributed by atoms with Gasteiger partial charge in [0.25, 0.3) is 0 Å². The predicted molar refractivity (Wildman–Crippen MR) is 84.6 cm³/mol. The molecule has 1 aliphatic rings. The van der Waals surface area contributed by atoms with Crippen LogP contribution in [-0.4, -0.2) is 22.0 Å². The molecule has 22 heavy (non-hydrogen) atoms. The third-order valence-electron chi connectivity index (χ3n) is 3.96. The van der Waals surface area contributed by atoms with Gasteiger partial charge in [0.15, 0.2) is 5.13 Å². The molecule has 2 N–H and O–H groups in total. The van der Waals surface area contributed by atoms with Crippen molar-refractivity contribution in [3.8, 4) is 11.3 Å². The lowest BCUT2D eigenvalue weighted by Crippen LogP contribution is -2.21. The minimum absolute atomic E-state index is 0.127. The van der Waals surface area contributed by atoms with E-state index in [0.29, 0.717) is 24.4 Å². The lowest BCUT2D eigenvalue weighted by Gasteiger charge is -2.08. The summed E-state index contributed by atoms with van der Waals surface area (Å²) in [5, 5.41) is 14.3. The monoisotopic (exact) mass is 316 g/mol. The Hall–Kier alpha value is -2.21. The van der Waals surface area contributed by atoms with Crippen LogP contribution in [0.4, 0.5) is 5.13 Å². The van der Waals surface area contributed by atoms with Crippen molar-refractivity contribution in [3.05, 3.63) is 35.7 Å². The standard InChI is InChI=1S/C16H16N2O3S/c19-14(11-6-7-12(8-11)15(20)21)18-16-17-13(9-22-16)10-4-2-1-3-5-10/h1-5,9,11-12H,6-8H2,(H,20,21)(H,17,18,19)/t11-,12+/m1/s1. The van der Waals surface area contributed by atoms with E-state index >= 15 is 0 Å². The number of amides is 1. The van der Waals surface area contributed by atoms with Crippen LogP contribution in [-0.2, 0) is 9.59 Å². The molecule has 1 aromatic carbocycles. The van der Waals surface area contributed by atoms with Gasteiger partial charge in [-0.2, -0.15) is 0 Å². The lowest BCUT2D eigenvalue weighted by atomic mass is 10.0. The molecule has 1 aliphatic carbocycles. The third kappa shape index (κ3) is 3.17. The van der Waals surface area contributed by atoms with Gasteiger partial charge in [0.1, 0.15) is 0 Å². The highest BCUT2D eigenvalue weighted by Gasteiger charge is 2.34. The van der Waals surface area contributed by atoms with E-state index in [2.05, 4.69) is 10.3 Å². The zero-order valence-electron chi connectivity index (χ0n) is 11.9. The predicted octanol–water partition coefficient (Wildman–Crippen LogP) is 3.25. The first-order chi connectivity index (χ1) is 10.6. The first-order valence-electron chi connectivity index (χ1n) is 7.18. The average Bonchev–Trinajstić information content (AvgIpc) is 3.17. The molecule has 1 aromatic heterocycles. The number of thiazole rings is 1. The summed E-state index contributed by atoms with van der Waals surface area (Å²) in [4.78, 5) is 27.6. The van der Waals surface area contributed by atoms with E-state index in [4.69, 9.17) is 5.11 Å². The number of carboxylic acid groups (broad SMARTS) is 1. The van der Waals surface area contributed by atoms with Gasteiger partial charge in [0.05, 0.1) is 11.6 Å². The summed E-state index contributed by atoms with van der Waals surface area (Å²) in [7, 11) is 0. The fourth-order valence-electron chi connectivity index (χ4n) is 2.72. The molecule has 2 aromatic rings. The maximum absolute atomic E-state index is 12.2. The second kappa shape index (κ2) is 6.27. The number of nitrogens with one attached hydrogen (secondary N) is 1. The molecule has 3 rings (SSSR count). The van der Waals surface area contributed by atoms with E-state index in [1.165, 1.54) is 11.3 Å². The summed E-state index contributed by atoms with van der Waals surface area (Å²) in [6, 6.07) is 9.76. The normalized spacial score (nSPS) is 20.7. The summed E-state index contributed by atoms with van der Waals surface area (Å²) in [5.74, 6) is -1.56. The molecule has 1 heterocycles. The van der Waals surface area contributed by atoms with Gasteiger partial charge in [-0.25, -0.2) is 4.98 Å². The zero-order valence-corrected chi connectivity index (χ0v) is 12.7. The smallest absolute Gasteiger partial charge is 0.306 e. The van der Waals surface area contributed by atoms with Crippen LogP contribution >= 0.6 is 11.3 Å². The van der Waals surface area contributed by atoms with Crippen LogP contribution in [0.2, 0.25) is 0 Å². The van der Waals surface area contributed by atoms with Crippen molar-refractivity contribution in [1.29, 1.82) is 0 Å². The molecular weight excluding hydrogens is 300 g/mol. The molecule has 1 amide bonds. The quantitative estimate of drug-likeness (QED) is 0.907. The number of nitrogens with zero attached hydrogens (tertiary/aromatic N) is 1. The molecule has 6 heteroatoms. The second-order valence-corrected chi connectivity index (χ2v) is 6.30. The van der Waals surface area contributed by atoms with Gasteiger partial charge < -0.3 is 10.4 Å². The average molecular weight is 316 g/mol. The van der Waals surface area contributed by atoms with Crippen molar-refractivity contribution in [2.24, 2.45) is 11.8 Å². The number of rotatable bonds is 4. The fourth-order valence-corrected chi connectivity index (χ4v) is 3.45. The first kappa shape index (κ1) is 14.7. The van der Waals surface area contributed by atoms with Crippen LogP contribution < -0.4 is 5.32 Å². The van der Waals surface area contributed by atoms with E-state index < -0.39 is 11.9 Å². The molecule has 2 atom stereocenters. The molecule has 0 aliphatic heterocycles. The Morgan fingerprint density at radius 1 is 1.18 bits per heavy atom. The highest BCUT2D eigenvalue weighted by Crippen LogP contribution is 2.32. The number of hydrogen-bond acceptors (Lipinski definition) is 4. The van der Waals surface area contributed by atoms with Gasteiger partial charge in [0.2, 0.25) is 5.91 Å². The largest absolute Gasteiger partial charge is 0.481 e. The third-order valence-corrected chi connectivity index (χ3v) is 4.71. The van der Waals surface area contributed by atoms with Crippen LogP contribution in [0.1, 0.15) is 19.3 Å². The van der Waals surface area contributed by atoms with Crippen LogP contribution in [0.5, 0.6) is 0 Å². The Labute approximate surface area is 132 Å². The zero-order chi connectivity index (χ0) is 15.5. The molecule has 0 saturated heterocycles. The maximum atomic E-state index is 12.2. The van der Waals surface area contributed by atoms with Crippen molar-refractivity contribution in [1.82, 2.24) is 4.98 Å². The summed E-state index contributed by atoms with van der Waals surface area (Å²) >= 11 is 1.38. The van der Waals surface area contributed by atoms with E-state index in [0.717, 1.165) is 11.3 Å². The van der Waals surface area contributed by atoms with E-state index in [1.54, 1.807) is 0 Å². The molecule has 1 fully saturated rings. The van der Waals surface area contributed by atoms with Gasteiger partial charge in [0, 0.05) is 16.9 Å². The number of benzene rings is 1. The van der Waals surface area contributed by atoms with Gasteiger partial charge in [-0.1, -0.05) is 30.3 Å². The molecule has 1 saturated carbocycles. The van der Waals surface area contributed by atoms with Gasteiger partial charge >= 0.3 is 5.97 Å². The van der Waals surface area contributed by atoms with Crippen LogP contribution in [0.15, 0.2) is 35.7 Å². The molecule has 0 unspecified atom stereocenters. The molecule has 0 spiro atoms. The van der Waals surface area contributed by atoms with Gasteiger partial charge in [-0.3, -0.25) is 9.59 Å². The molecule has 0 bridgehead atoms. The van der Waals surface area contributed by atoms with Crippen molar-refractivity contribution in [2.75, 3.05) is 5.32 Å². The summed E-state index contributed by atoms with van der Waals surface area (Å²) in [5.41, 5.74) is 1.83. The van der Waals surface area contributed by atoms with E-state index in [9.17, 15) is 9.59 Å². The van der Waals surface area contributed by atoms with Crippen molar-refractivity contribution < 1.29 is 14.7 Å². The number of carbonyl (C=O) groups is 2. The summed E-state index contributed by atoms with van der Waals surface area (Å²) < 4.78 is 0. The summed E-state index contributed by atoms with van der Waals surface area (Å²) in [6.07, 6.45) is 1.61. The molecule has 114 valence electrons. The second-order valence-electron chi connectivity index (χ2n) is 5.44. The fraction of sp³-hybridized carbons (Fsp3) is 0.312. The number of aromatic nitrogens is 1. The summed E-state index contributed by atoms with van der Waals surface area (Å²) in [6.45, 7) is 0. The number of aliphatic carboxylic acids is 1. The minimum atomic E-state index is -0.809. The lowest BCUT2D eigenvalue weighted by molar-refractivity contribution is -0.141. The van der Waals surface area contributed by atoms with E-state index in [-0.39, 0.29) is 11.8 Å². The number of carbonyl (C=O) groups excluding carboxylic acids is 1.